The highest BCUT2D eigenvalue weighted by molar-refractivity contribution is 6.04. The molecule has 1 aliphatic heterocycles. The average molecular weight is 329 g/mol. The minimum atomic E-state index is -0.536. The molecule has 0 radical (unpaired) electrons. The van der Waals surface area contributed by atoms with E-state index in [0.29, 0.717) is 5.69 Å². The zero-order chi connectivity index (χ0) is 17.1. The Hall–Kier alpha value is -3.23. The van der Waals surface area contributed by atoms with E-state index < -0.39 is 16.4 Å². The maximum atomic E-state index is 12.2. The third kappa shape index (κ3) is 3.24. The van der Waals surface area contributed by atoms with Crippen LogP contribution in [0.1, 0.15) is 23.2 Å². The summed E-state index contributed by atoms with van der Waals surface area (Å²) in [5.74, 6) is -0.378. The van der Waals surface area contributed by atoms with Crippen molar-refractivity contribution in [3.63, 3.8) is 0 Å². The van der Waals surface area contributed by atoms with E-state index in [4.69, 9.17) is 0 Å². The summed E-state index contributed by atoms with van der Waals surface area (Å²) < 4.78 is 0. The van der Waals surface area contributed by atoms with Crippen LogP contribution in [0.3, 0.4) is 0 Å². The molecule has 0 unspecified atom stereocenters. The molecule has 1 fully saturated rings. The van der Waals surface area contributed by atoms with Gasteiger partial charge in [0.15, 0.2) is 5.82 Å². The molecule has 24 heavy (non-hydrogen) atoms. The van der Waals surface area contributed by atoms with E-state index in [-0.39, 0.29) is 17.1 Å². The molecule has 0 atom stereocenters. The maximum absolute atomic E-state index is 12.2. The number of carbonyl (C=O) groups is 1. The molecule has 124 valence electrons. The number of carbonyl (C=O) groups excluding carboxylic acids is 1. The zero-order valence-electron chi connectivity index (χ0n) is 12.7. The molecule has 2 N–H and O–H groups in total. The fourth-order valence-electron chi connectivity index (χ4n) is 2.64. The standard InChI is InChI=1S/C15H15N5O4/c21-14-6-5-13(17-18-14)16-15(22)10-3-4-11(12(9-10)20(23)24)19-7-1-2-8-19/h3-6,9H,1-2,7-8H2,(H,18,21)(H,16,17,22). The van der Waals surface area contributed by atoms with Crippen LogP contribution in [-0.4, -0.2) is 34.1 Å². The molecule has 1 aliphatic rings. The van der Waals surface area contributed by atoms with E-state index in [1.807, 2.05) is 4.90 Å². The van der Waals surface area contributed by atoms with Gasteiger partial charge in [0.1, 0.15) is 5.69 Å². The molecule has 0 saturated carbocycles. The first-order valence-corrected chi connectivity index (χ1v) is 7.45. The van der Waals surface area contributed by atoms with Crippen LogP contribution in [0.4, 0.5) is 17.2 Å². The first-order chi connectivity index (χ1) is 11.5. The number of nitrogens with one attached hydrogen (secondary N) is 2. The van der Waals surface area contributed by atoms with Gasteiger partial charge in [0.25, 0.3) is 17.2 Å². The van der Waals surface area contributed by atoms with Crippen LogP contribution >= 0.6 is 0 Å². The molecule has 2 aromatic rings. The van der Waals surface area contributed by atoms with Crippen molar-refractivity contribution < 1.29 is 9.72 Å². The quantitative estimate of drug-likeness (QED) is 0.648. The summed E-state index contributed by atoms with van der Waals surface area (Å²) in [6.07, 6.45) is 1.99. The van der Waals surface area contributed by atoms with Gasteiger partial charge < -0.3 is 10.2 Å². The third-order valence-corrected chi connectivity index (χ3v) is 3.80. The summed E-state index contributed by atoms with van der Waals surface area (Å²) in [6, 6.07) is 6.97. The van der Waals surface area contributed by atoms with Crippen molar-refractivity contribution in [2.24, 2.45) is 0 Å². The fraction of sp³-hybridized carbons (Fsp3) is 0.267. The van der Waals surface area contributed by atoms with Gasteiger partial charge in [0, 0.05) is 30.8 Å². The predicted molar refractivity (Wildman–Crippen MR) is 87.4 cm³/mol. The Labute approximate surface area is 136 Å². The van der Waals surface area contributed by atoms with Crippen molar-refractivity contribution in [2.75, 3.05) is 23.3 Å². The van der Waals surface area contributed by atoms with Crippen molar-refractivity contribution >= 4 is 23.1 Å². The second kappa shape index (κ2) is 6.49. The Morgan fingerprint density at radius 2 is 2.00 bits per heavy atom. The number of rotatable bonds is 4. The molecule has 1 saturated heterocycles. The molecule has 1 aromatic carbocycles. The smallest absolute Gasteiger partial charge is 0.293 e. The van der Waals surface area contributed by atoms with Crippen LogP contribution in [0.5, 0.6) is 0 Å². The molecule has 0 aliphatic carbocycles. The minimum absolute atomic E-state index is 0.0982. The van der Waals surface area contributed by atoms with E-state index in [0.717, 1.165) is 25.9 Å². The number of anilines is 2. The van der Waals surface area contributed by atoms with Gasteiger partial charge in [-0.25, -0.2) is 5.10 Å². The largest absolute Gasteiger partial charge is 0.366 e. The van der Waals surface area contributed by atoms with Crippen LogP contribution in [-0.2, 0) is 0 Å². The Balaban J connectivity index is 1.86. The molecule has 0 spiro atoms. The number of hydrogen-bond donors (Lipinski definition) is 2. The molecule has 2 heterocycles. The van der Waals surface area contributed by atoms with Gasteiger partial charge in [-0.15, -0.1) is 0 Å². The lowest BCUT2D eigenvalue weighted by molar-refractivity contribution is -0.384. The number of nitro benzene ring substituents is 1. The number of H-pyrrole nitrogens is 1. The first-order valence-electron chi connectivity index (χ1n) is 7.45. The molecule has 0 bridgehead atoms. The SMILES string of the molecule is O=C(Nc1ccc(=O)[nH]n1)c1ccc(N2CCCC2)c([N+](=O)[O-])c1. The fourth-order valence-corrected chi connectivity index (χ4v) is 2.64. The van der Waals surface area contributed by atoms with E-state index in [1.54, 1.807) is 12.1 Å². The predicted octanol–water partition coefficient (Wildman–Crippen LogP) is 1.53. The van der Waals surface area contributed by atoms with Crippen LogP contribution < -0.4 is 15.8 Å². The van der Waals surface area contributed by atoms with Gasteiger partial charge in [0.05, 0.1) is 4.92 Å². The average Bonchev–Trinajstić information content (AvgIpc) is 3.10. The van der Waals surface area contributed by atoms with Crippen LogP contribution in [0, 0.1) is 10.1 Å². The molecular weight excluding hydrogens is 314 g/mol. The van der Waals surface area contributed by atoms with Crippen molar-refractivity contribution in [1.82, 2.24) is 10.2 Å². The summed E-state index contributed by atoms with van der Waals surface area (Å²) in [4.78, 5) is 36.0. The van der Waals surface area contributed by atoms with E-state index in [9.17, 15) is 19.7 Å². The van der Waals surface area contributed by atoms with Gasteiger partial charge in [-0.3, -0.25) is 19.7 Å². The molecule has 9 heteroatoms. The van der Waals surface area contributed by atoms with Gasteiger partial charge in [-0.2, -0.15) is 5.10 Å². The minimum Gasteiger partial charge on any atom is -0.366 e. The molecular formula is C15H15N5O4. The number of aromatic amines is 1. The molecule has 1 aromatic heterocycles. The Morgan fingerprint density at radius 1 is 1.25 bits per heavy atom. The van der Waals surface area contributed by atoms with E-state index in [2.05, 4.69) is 15.5 Å². The van der Waals surface area contributed by atoms with Crippen LogP contribution in [0.25, 0.3) is 0 Å². The van der Waals surface area contributed by atoms with Crippen molar-refractivity contribution in [1.29, 1.82) is 0 Å². The summed E-state index contributed by atoms with van der Waals surface area (Å²) in [6.45, 7) is 1.54. The Morgan fingerprint density at radius 3 is 2.62 bits per heavy atom. The molecule has 9 nitrogen and oxygen atoms in total. The lowest BCUT2D eigenvalue weighted by atomic mass is 10.1. The number of nitrogens with zero attached hydrogens (tertiary/aromatic N) is 3. The molecule has 3 rings (SSSR count). The topological polar surface area (TPSA) is 121 Å². The summed E-state index contributed by atoms with van der Waals surface area (Å²) in [5, 5.41) is 19.7. The third-order valence-electron chi connectivity index (χ3n) is 3.80. The zero-order valence-corrected chi connectivity index (χ0v) is 12.7. The lowest BCUT2D eigenvalue weighted by Crippen LogP contribution is -2.20. The van der Waals surface area contributed by atoms with Gasteiger partial charge in [-0.1, -0.05) is 0 Å². The second-order valence-corrected chi connectivity index (χ2v) is 5.42. The Kier molecular flexibility index (Phi) is 4.23. The van der Waals surface area contributed by atoms with Crippen molar-refractivity contribution in [2.45, 2.75) is 12.8 Å². The Bertz CT molecular complexity index is 822. The normalized spacial score (nSPS) is 13.8. The van der Waals surface area contributed by atoms with Crippen molar-refractivity contribution in [3.8, 4) is 0 Å². The highest BCUT2D eigenvalue weighted by atomic mass is 16.6. The number of hydrogen-bond acceptors (Lipinski definition) is 6. The molecule has 1 amide bonds. The van der Waals surface area contributed by atoms with Crippen LogP contribution in [0.15, 0.2) is 35.1 Å². The van der Waals surface area contributed by atoms with E-state index in [1.165, 1.54) is 18.2 Å². The van der Waals surface area contributed by atoms with Gasteiger partial charge >= 0.3 is 0 Å². The monoisotopic (exact) mass is 329 g/mol. The summed E-state index contributed by atoms with van der Waals surface area (Å²) in [7, 11) is 0. The van der Waals surface area contributed by atoms with Gasteiger partial charge in [-0.05, 0) is 31.0 Å². The van der Waals surface area contributed by atoms with E-state index >= 15 is 0 Å². The lowest BCUT2D eigenvalue weighted by Gasteiger charge is -2.17. The van der Waals surface area contributed by atoms with Crippen LogP contribution in [0.2, 0.25) is 0 Å². The number of aromatic nitrogens is 2. The maximum Gasteiger partial charge on any atom is 0.293 e. The number of benzene rings is 1. The highest BCUT2D eigenvalue weighted by Crippen LogP contribution is 2.31. The summed E-state index contributed by atoms with van der Waals surface area (Å²) >= 11 is 0. The number of amides is 1. The second-order valence-electron chi connectivity index (χ2n) is 5.42. The van der Waals surface area contributed by atoms with Crippen molar-refractivity contribution in [3.05, 3.63) is 56.4 Å². The van der Waals surface area contributed by atoms with Gasteiger partial charge in [0.2, 0.25) is 0 Å². The summed E-state index contributed by atoms with van der Waals surface area (Å²) in [5.41, 5.74) is 0.187. The highest BCUT2D eigenvalue weighted by Gasteiger charge is 2.23. The number of nitro groups is 1. The first kappa shape index (κ1) is 15.7.